The summed E-state index contributed by atoms with van der Waals surface area (Å²) in [5.74, 6) is -0.192. The maximum absolute atomic E-state index is 10.7. The Morgan fingerprint density at radius 2 is 2.25 bits per heavy atom. The number of anilines is 1. The standard InChI is InChI=1S/C12H10N4O2S2/c17-12(18)8-5-20-9(16-8)1-3-13-10-7-2-4-19-11(7)15-6-14-10/h2,4-6H,1,3H2,(H,17,18)(H,13,14,15). The predicted molar refractivity (Wildman–Crippen MR) is 78.7 cm³/mol. The Morgan fingerprint density at radius 3 is 3.05 bits per heavy atom. The second-order valence-corrected chi connectivity index (χ2v) is 5.81. The topological polar surface area (TPSA) is 88.0 Å². The maximum Gasteiger partial charge on any atom is 0.355 e. The highest BCUT2D eigenvalue weighted by Crippen LogP contribution is 2.23. The van der Waals surface area contributed by atoms with E-state index in [0.717, 1.165) is 21.0 Å². The number of nitrogens with zero attached hydrogens (tertiary/aromatic N) is 3. The molecular formula is C12H10N4O2S2. The van der Waals surface area contributed by atoms with E-state index in [-0.39, 0.29) is 5.69 Å². The van der Waals surface area contributed by atoms with Crippen LogP contribution in [0.25, 0.3) is 10.2 Å². The van der Waals surface area contributed by atoms with Gasteiger partial charge in [-0.25, -0.2) is 19.7 Å². The van der Waals surface area contributed by atoms with E-state index in [2.05, 4.69) is 20.3 Å². The summed E-state index contributed by atoms with van der Waals surface area (Å²) in [7, 11) is 0. The average Bonchev–Trinajstić information content (AvgIpc) is 3.07. The molecule has 6 nitrogen and oxygen atoms in total. The fourth-order valence-electron chi connectivity index (χ4n) is 1.74. The first kappa shape index (κ1) is 12.9. The molecule has 3 aromatic heterocycles. The van der Waals surface area contributed by atoms with Gasteiger partial charge < -0.3 is 10.4 Å². The molecule has 0 aliphatic rings. The Morgan fingerprint density at radius 1 is 1.35 bits per heavy atom. The van der Waals surface area contributed by atoms with E-state index in [4.69, 9.17) is 5.11 Å². The fraction of sp³-hybridized carbons (Fsp3) is 0.167. The number of rotatable bonds is 5. The van der Waals surface area contributed by atoms with Crippen LogP contribution < -0.4 is 5.32 Å². The van der Waals surface area contributed by atoms with Crippen molar-refractivity contribution in [2.24, 2.45) is 0 Å². The van der Waals surface area contributed by atoms with Crippen LogP contribution >= 0.6 is 22.7 Å². The predicted octanol–water partition coefficient (Wildman–Crippen LogP) is 2.50. The van der Waals surface area contributed by atoms with Gasteiger partial charge in [0.25, 0.3) is 0 Å². The van der Waals surface area contributed by atoms with Crippen molar-refractivity contribution in [3.05, 3.63) is 33.9 Å². The number of aromatic nitrogens is 3. The van der Waals surface area contributed by atoms with Gasteiger partial charge in [0.05, 0.1) is 10.4 Å². The molecule has 3 aromatic rings. The minimum absolute atomic E-state index is 0.104. The number of hydrogen-bond acceptors (Lipinski definition) is 7. The first-order valence-corrected chi connectivity index (χ1v) is 7.60. The van der Waals surface area contributed by atoms with E-state index in [1.807, 2.05) is 11.4 Å². The first-order valence-electron chi connectivity index (χ1n) is 5.84. The highest BCUT2D eigenvalue weighted by molar-refractivity contribution is 7.16. The molecule has 0 fully saturated rings. The van der Waals surface area contributed by atoms with Gasteiger partial charge in [0.1, 0.15) is 17.0 Å². The molecule has 0 spiro atoms. The zero-order chi connectivity index (χ0) is 13.9. The molecule has 0 aliphatic heterocycles. The lowest BCUT2D eigenvalue weighted by molar-refractivity contribution is 0.0691. The summed E-state index contributed by atoms with van der Waals surface area (Å²) < 4.78 is 0. The number of aromatic carboxylic acids is 1. The van der Waals surface area contributed by atoms with Crippen molar-refractivity contribution in [1.29, 1.82) is 0 Å². The fourth-order valence-corrected chi connectivity index (χ4v) is 3.25. The number of fused-ring (bicyclic) bond motifs is 1. The lowest BCUT2D eigenvalue weighted by Gasteiger charge is -2.04. The summed E-state index contributed by atoms with van der Waals surface area (Å²) >= 11 is 2.93. The molecule has 0 atom stereocenters. The van der Waals surface area contributed by atoms with E-state index in [0.29, 0.717) is 13.0 Å². The lowest BCUT2D eigenvalue weighted by atomic mass is 10.3. The zero-order valence-electron chi connectivity index (χ0n) is 10.2. The summed E-state index contributed by atoms with van der Waals surface area (Å²) in [6.07, 6.45) is 2.20. The molecule has 0 radical (unpaired) electrons. The molecule has 8 heteroatoms. The highest BCUT2D eigenvalue weighted by atomic mass is 32.1. The van der Waals surface area contributed by atoms with Gasteiger partial charge in [-0.1, -0.05) is 0 Å². The molecule has 20 heavy (non-hydrogen) atoms. The third-order valence-corrected chi connectivity index (χ3v) is 4.39. The van der Waals surface area contributed by atoms with Crippen LogP contribution in [0.2, 0.25) is 0 Å². The molecule has 102 valence electrons. The molecule has 0 aliphatic carbocycles. The number of carboxylic acids is 1. The Bertz CT molecular complexity index is 753. The third-order valence-electron chi connectivity index (χ3n) is 2.66. The van der Waals surface area contributed by atoms with Gasteiger partial charge in [-0.2, -0.15) is 0 Å². The SMILES string of the molecule is O=C(O)c1csc(CCNc2ncnc3sccc23)n1. The van der Waals surface area contributed by atoms with Crippen molar-refractivity contribution in [1.82, 2.24) is 15.0 Å². The van der Waals surface area contributed by atoms with Crippen LogP contribution in [0.5, 0.6) is 0 Å². The largest absolute Gasteiger partial charge is 0.476 e. The number of thiophene rings is 1. The quantitative estimate of drug-likeness (QED) is 0.753. The Hall–Kier alpha value is -2.06. The molecule has 0 bridgehead atoms. The van der Waals surface area contributed by atoms with Gasteiger partial charge in [0.2, 0.25) is 0 Å². The van der Waals surface area contributed by atoms with Crippen molar-refractivity contribution in [2.75, 3.05) is 11.9 Å². The number of hydrogen-bond donors (Lipinski definition) is 2. The van der Waals surface area contributed by atoms with Crippen LogP contribution in [0.3, 0.4) is 0 Å². The monoisotopic (exact) mass is 306 g/mol. The summed E-state index contributed by atoms with van der Waals surface area (Å²) in [4.78, 5) is 24.1. The van der Waals surface area contributed by atoms with Crippen LogP contribution in [0, 0.1) is 0 Å². The van der Waals surface area contributed by atoms with Crippen LogP contribution in [-0.4, -0.2) is 32.6 Å². The van der Waals surface area contributed by atoms with E-state index in [1.54, 1.807) is 16.7 Å². The second kappa shape index (κ2) is 5.51. The summed E-state index contributed by atoms with van der Waals surface area (Å²) in [5, 5.41) is 17.4. The van der Waals surface area contributed by atoms with Crippen molar-refractivity contribution in [3.63, 3.8) is 0 Å². The highest BCUT2D eigenvalue weighted by Gasteiger charge is 2.09. The van der Waals surface area contributed by atoms with Crippen LogP contribution in [0.1, 0.15) is 15.5 Å². The Kier molecular flexibility index (Phi) is 3.57. The molecule has 3 rings (SSSR count). The number of nitrogens with one attached hydrogen (secondary N) is 1. The molecule has 0 amide bonds. The smallest absolute Gasteiger partial charge is 0.355 e. The summed E-state index contributed by atoms with van der Waals surface area (Å²) in [6, 6.07) is 1.98. The molecular weight excluding hydrogens is 296 g/mol. The number of carboxylic acid groups (broad SMARTS) is 1. The Balaban J connectivity index is 1.64. The van der Waals surface area contributed by atoms with Gasteiger partial charge >= 0.3 is 5.97 Å². The van der Waals surface area contributed by atoms with Gasteiger partial charge in [0.15, 0.2) is 5.69 Å². The maximum atomic E-state index is 10.7. The van der Waals surface area contributed by atoms with Crippen molar-refractivity contribution in [3.8, 4) is 0 Å². The van der Waals surface area contributed by atoms with Crippen LogP contribution in [0.15, 0.2) is 23.2 Å². The average molecular weight is 306 g/mol. The molecule has 0 saturated heterocycles. The van der Waals surface area contributed by atoms with Crippen LogP contribution in [-0.2, 0) is 6.42 Å². The van der Waals surface area contributed by atoms with E-state index >= 15 is 0 Å². The van der Waals surface area contributed by atoms with E-state index in [9.17, 15) is 4.79 Å². The van der Waals surface area contributed by atoms with Crippen molar-refractivity contribution in [2.45, 2.75) is 6.42 Å². The molecule has 0 unspecified atom stereocenters. The van der Waals surface area contributed by atoms with Gasteiger partial charge in [-0.05, 0) is 11.4 Å². The zero-order valence-corrected chi connectivity index (χ0v) is 11.9. The summed E-state index contributed by atoms with van der Waals surface area (Å²) in [6.45, 7) is 0.647. The van der Waals surface area contributed by atoms with Crippen LogP contribution in [0.4, 0.5) is 5.82 Å². The summed E-state index contributed by atoms with van der Waals surface area (Å²) in [5.41, 5.74) is 0.104. The van der Waals surface area contributed by atoms with Gasteiger partial charge in [-0.15, -0.1) is 22.7 Å². The normalized spacial score (nSPS) is 10.8. The third kappa shape index (κ3) is 2.61. The molecule has 3 heterocycles. The Labute approximate surface area is 122 Å². The number of thiazole rings is 1. The van der Waals surface area contributed by atoms with Gasteiger partial charge in [-0.3, -0.25) is 0 Å². The van der Waals surface area contributed by atoms with Crippen molar-refractivity contribution < 1.29 is 9.90 Å². The second-order valence-electron chi connectivity index (χ2n) is 3.97. The number of carbonyl (C=O) groups is 1. The lowest BCUT2D eigenvalue weighted by Crippen LogP contribution is -2.07. The van der Waals surface area contributed by atoms with Crippen molar-refractivity contribution >= 4 is 44.7 Å². The first-order chi connectivity index (χ1) is 9.74. The van der Waals surface area contributed by atoms with E-state index < -0.39 is 5.97 Å². The van der Waals surface area contributed by atoms with Gasteiger partial charge in [0, 0.05) is 18.3 Å². The minimum Gasteiger partial charge on any atom is -0.476 e. The molecule has 0 saturated carbocycles. The minimum atomic E-state index is -0.990. The molecule has 2 N–H and O–H groups in total. The van der Waals surface area contributed by atoms with E-state index in [1.165, 1.54) is 17.7 Å². The molecule has 0 aromatic carbocycles.